The second-order valence-electron chi connectivity index (χ2n) is 7.14. The predicted molar refractivity (Wildman–Crippen MR) is 122 cm³/mol. The van der Waals surface area contributed by atoms with Crippen molar-refractivity contribution in [1.82, 2.24) is 18.7 Å². The maximum absolute atomic E-state index is 12.9. The molecule has 0 aliphatic heterocycles. The number of rotatable bonds is 5. The van der Waals surface area contributed by atoms with E-state index in [9.17, 15) is 19.8 Å². The average Bonchev–Trinajstić information content (AvgIpc) is 3.12. The van der Waals surface area contributed by atoms with Crippen molar-refractivity contribution in [2.75, 3.05) is 5.43 Å². The topological polar surface area (TPSA) is 127 Å². The van der Waals surface area contributed by atoms with Crippen molar-refractivity contribution >= 4 is 34.9 Å². The number of hydrogen-bond acceptors (Lipinski definition) is 7. The third kappa shape index (κ3) is 3.83. The monoisotopic (exact) mass is 454 g/mol. The molecule has 4 rings (SSSR count). The van der Waals surface area contributed by atoms with E-state index < -0.39 is 11.2 Å². The maximum Gasteiger partial charge on any atom is 0.332 e. The number of aromatic hydroxyl groups is 2. The minimum absolute atomic E-state index is 0.0749. The number of aryl methyl sites for hydroxylation is 1. The molecule has 2 aromatic carbocycles. The molecule has 0 radical (unpaired) electrons. The summed E-state index contributed by atoms with van der Waals surface area (Å²) in [6.07, 6.45) is 1.35. The largest absolute Gasteiger partial charge is 0.508 e. The zero-order chi connectivity index (χ0) is 23.0. The smallest absolute Gasteiger partial charge is 0.332 e. The molecule has 3 N–H and O–H groups in total. The third-order valence-corrected chi connectivity index (χ3v) is 5.24. The Bertz CT molecular complexity index is 1470. The molecule has 0 aliphatic rings. The van der Waals surface area contributed by atoms with Gasteiger partial charge in [-0.15, -0.1) is 0 Å². The Morgan fingerprint density at radius 1 is 1.09 bits per heavy atom. The van der Waals surface area contributed by atoms with Gasteiger partial charge in [0.2, 0.25) is 5.95 Å². The van der Waals surface area contributed by atoms with Crippen LogP contribution in [0.1, 0.15) is 11.1 Å². The van der Waals surface area contributed by atoms with Gasteiger partial charge in [-0.2, -0.15) is 10.1 Å². The van der Waals surface area contributed by atoms with Gasteiger partial charge in [0.25, 0.3) is 5.56 Å². The second-order valence-corrected chi connectivity index (χ2v) is 7.58. The number of halogens is 1. The molecule has 0 fully saturated rings. The first-order valence-electron chi connectivity index (χ1n) is 9.48. The third-order valence-electron chi connectivity index (χ3n) is 4.98. The first-order chi connectivity index (χ1) is 15.3. The summed E-state index contributed by atoms with van der Waals surface area (Å²) in [5, 5.41) is 24.0. The normalized spacial score (nSPS) is 11.5. The quantitative estimate of drug-likeness (QED) is 0.312. The highest BCUT2D eigenvalue weighted by Crippen LogP contribution is 2.22. The molecular weight excluding hydrogens is 436 g/mol. The lowest BCUT2D eigenvalue weighted by Gasteiger charge is -2.09. The zero-order valence-corrected chi connectivity index (χ0v) is 17.9. The Morgan fingerprint density at radius 3 is 2.50 bits per heavy atom. The maximum atomic E-state index is 12.9. The molecule has 4 aromatic rings. The number of fused-ring (bicyclic) bond motifs is 1. The summed E-state index contributed by atoms with van der Waals surface area (Å²) in [7, 11) is 2.94. The van der Waals surface area contributed by atoms with Crippen LogP contribution in [0.2, 0.25) is 5.02 Å². The van der Waals surface area contributed by atoms with Gasteiger partial charge in [0, 0.05) is 30.7 Å². The van der Waals surface area contributed by atoms with Crippen LogP contribution < -0.4 is 16.7 Å². The van der Waals surface area contributed by atoms with Crippen LogP contribution in [0.4, 0.5) is 5.95 Å². The fourth-order valence-corrected chi connectivity index (χ4v) is 3.38. The molecule has 0 spiro atoms. The van der Waals surface area contributed by atoms with Crippen LogP contribution in [0.3, 0.4) is 0 Å². The van der Waals surface area contributed by atoms with Crippen molar-refractivity contribution < 1.29 is 10.2 Å². The van der Waals surface area contributed by atoms with Crippen LogP contribution in [0.5, 0.6) is 11.5 Å². The minimum Gasteiger partial charge on any atom is -0.508 e. The zero-order valence-electron chi connectivity index (χ0n) is 17.2. The molecule has 32 heavy (non-hydrogen) atoms. The van der Waals surface area contributed by atoms with Gasteiger partial charge in [-0.05, 0) is 29.8 Å². The number of nitrogens with zero attached hydrogens (tertiary/aromatic N) is 5. The second kappa shape index (κ2) is 8.23. The van der Waals surface area contributed by atoms with Crippen LogP contribution in [0.15, 0.2) is 57.2 Å². The highest BCUT2D eigenvalue weighted by Gasteiger charge is 2.19. The molecule has 0 saturated heterocycles. The summed E-state index contributed by atoms with van der Waals surface area (Å²) in [6, 6.07) is 11.2. The first-order valence-corrected chi connectivity index (χ1v) is 9.86. The van der Waals surface area contributed by atoms with E-state index in [-0.39, 0.29) is 35.2 Å². The summed E-state index contributed by atoms with van der Waals surface area (Å²) in [6.45, 7) is 0.267. The molecular formula is C21H19ClN6O4. The Labute approximate surface area is 186 Å². The standard InChI is InChI=1S/C21H19ClN6O4/c1-26-18-17(19(31)27(2)21(26)32)28(11-12-3-6-14(22)7-4-12)20(24-18)25-23-10-13-5-8-15(29)9-16(13)30/h3-10,29-30H,11H2,1-2H3,(H,24,25)/b23-10-. The van der Waals surface area contributed by atoms with Crippen molar-refractivity contribution in [2.45, 2.75) is 6.54 Å². The van der Waals surface area contributed by atoms with Gasteiger partial charge >= 0.3 is 5.69 Å². The lowest BCUT2D eigenvalue weighted by atomic mass is 10.2. The minimum atomic E-state index is -0.497. The van der Waals surface area contributed by atoms with E-state index in [1.165, 1.54) is 43.1 Å². The van der Waals surface area contributed by atoms with Crippen molar-refractivity contribution in [3.05, 3.63) is 79.5 Å². The van der Waals surface area contributed by atoms with Crippen molar-refractivity contribution in [1.29, 1.82) is 0 Å². The lowest BCUT2D eigenvalue weighted by molar-refractivity contribution is 0.450. The molecule has 0 atom stereocenters. The fraction of sp³-hybridized carbons (Fsp3) is 0.143. The summed E-state index contributed by atoms with van der Waals surface area (Å²) in [5.41, 5.74) is 3.44. The lowest BCUT2D eigenvalue weighted by Crippen LogP contribution is -2.37. The number of aromatic nitrogens is 4. The van der Waals surface area contributed by atoms with Crippen molar-refractivity contribution in [3.63, 3.8) is 0 Å². The van der Waals surface area contributed by atoms with Crippen LogP contribution >= 0.6 is 11.6 Å². The van der Waals surface area contributed by atoms with Crippen molar-refractivity contribution in [3.8, 4) is 11.5 Å². The number of hydrogen-bond donors (Lipinski definition) is 3. The molecule has 2 heterocycles. The molecule has 10 nitrogen and oxygen atoms in total. The summed E-state index contributed by atoms with van der Waals surface area (Å²) in [4.78, 5) is 29.7. The fourth-order valence-electron chi connectivity index (χ4n) is 3.26. The number of phenolic OH excluding ortho intramolecular Hbond substituents is 2. The molecule has 0 saturated carbocycles. The van der Waals surface area contributed by atoms with E-state index in [4.69, 9.17) is 11.6 Å². The van der Waals surface area contributed by atoms with Crippen LogP contribution in [0, 0.1) is 0 Å². The van der Waals surface area contributed by atoms with E-state index in [2.05, 4.69) is 15.5 Å². The molecule has 11 heteroatoms. The molecule has 0 bridgehead atoms. The molecule has 0 aliphatic carbocycles. The Hall–Kier alpha value is -4.05. The molecule has 2 aromatic heterocycles. The number of imidazole rings is 1. The SMILES string of the molecule is Cn1c(=O)c2c(nc(N/N=C\c3ccc(O)cc3O)n2Cc2ccc(Cl)cc2)n(C)c1=O. The van der Waals surface area contributed by atoms with Gasteiger partial charge in [-0.25, -0.2) is 10.2 Å². The Kier molecular flexibility index (Phi) is 5.45. The average molecular weight is 455 g/mol. The number of phenols is 2. The highest BCUT2D eigenvalue weighted by molar-refractivity contribution is 6.30. The van der Waals surface area contributed by atoms with E-state index in [1.807, 2.05) is 12.1 Å². The molecule has 164 valence electrons. The van der Waals surface area contributed by atoms with E-state index in [1.54, 1.807) is 16.7 Å². The van der Waals surface area contributed by atoms with Crippen LogP contribution in [-0.2, 0) is 20.6 Å². The number of anilines is 1. The van der Waals surface area contributed by atoms with Gasteiger partial charge in [-0.1, -0.05) is 23.7 Å². The number of benzene rings is 2. The highest BCUT2D eigenvalue weighted by atomic mass is 35.5. The van der Waals surface area contributed by atoms with Crippen LogP contribution in [0.25, 0.3) is 11.2 Å². The van der Waals surface area contributed by atoms with Gasteiger partial charge in [0.1, 0.15) is 11.5 Å². The van der Waals surface area contributed by atoms with E-state index >= 15 is 0 Å². The predicted octanol–water partition coefficient (Wildman–Crippen LogP) is 1.99. The van der Waals surface area contributed by atoms with Gasteiger partial charge in [0.15, 0.2) is 11.2 Å². The van der Waals surface area contributed by atoms with Gasteiger partial charge < -0.3 is 10.2 Å². The summed E-state index contributed by atoms with van der Waals surface area (Å²) in [5.74, 6) is -0.00150. The van der Waals surface area contributed by atoms with Gasteiger partial charge in [0.05, 0.1) is 12.8 Å². The molecule has 0 amide bonds. The summed E-state index contributed by atoms with van der Waals surface area (Å²) >= 11 is 5.98. The van der Waals surface area contributed by atoms with Gasteiger partial charge in [-0.3, -0.25) is 18.5 Å². The Morgan fingerprint density at radius 2 is 1.81 bits per heavy atom. The molecule has 0 unspecified atom stereocenters. The first kappa shape index (κ1) is 21.2. The van der Waals surface area contributed by atoms with E-state index in [0.717, 1.165) is 10.1 Å². The van der Waals surface area contributed by atoms with Crippen LogP contribution in [-0.4, -0.2) is 35.1 Å². The van der Waals surface area contributed by atoms with E-state index in [0.29, 0.717) is 10.6 Å². The van der Waals surface area contributed by atoms with Crippen molar-refractivity contribution in [2.24, 2.45) is 19.2 Å². The summed E-state index contributed by atoms with van der Waals surface area (Å²) < 4.78 is 3.92. The number of hydrazone groups is 1. The number of nitrogens with one attached hydrogen (secondary N) is 1. The Balaban J connectivity index is 1.81.